The molecule has 2 fully saturated rings. The van der Waals surface area contributed by atoms with Crippen molar-refractivity contribution in [1.29, 1.82) is 0 Å². The van der Waals surface area contributed by atoms with Crippen molar-refractivity contribution in [3.05, 3.63) is 40.6 Å². The van der Waals surface area contributed by atoms with Gasteiger partial charge in [0.15, 0.2) is 0 Å². The Bertz CT molecular complexity index is 735. The van der Waals surface area contributed by atoms with E-state index < -0.39 is 0 Å². The first-order valence-corrected chi connectivity index (χ1v) is 8.98. The Hall–Kier alpha value is -1.89. The van der Waals surface area contributed by atoms with Crippen LogP contribution in [0.5, 0.6) is 5.75 Å². The molecule has 0 spiro atoms. The zero-order valence-corrected chi connectivity index (χ0v) is 15.0. The Morgan fingerprint density at radius 3 is 2.46 bits per heavy atom. The van der Waals surface area contributed by atoms with Crippen LogP contribution in [0.25, 0.3) is 0 Å². The molecule has 6 nitrogen and oxygen atoms in total. The highest BCUT2D eigenvalue weighted by atomic mass is 79.9. The molecular formula is C17H19BrN4O2. The van der Waals surface area contributed by atoms with E-state index in [1.165, 1.54) is 0 Å². The lowest BCUT2D eigenvalue weighted by Gasteiger charge is -2.38. The van der Waals surface area contributed by atoms with Crippen molar-refractivity contribution in [2.75, 3.05) is 7.11 Å². The number of carbonyl (C=O) groups excluding carboxylic acids is 1. The van der Waals surface area contributed by atoms with E-state index in [1.54, 1.807) is 24.3 Å². The minimum atomic E-state index is 0.0835. The lowest BCUT2D eigenvalue weighted by molar-refractivity contribution is 0.0511. The Balaban J connectivity index is 1.59. The molecule has 3 heterocycles. The van der Waals surface area contributed by atoms with Gasteiger partial charge in [-0.3, -0.25) is 4.79 Å². The summed E-state index contributed by atoms with van der Waals surface area (Å²) in [7, 11) is 1.61. The van der Waals surface area contributed by atoms with Crippen molar-refractivity contribution in [1.82, 2.24) is 19.9 Å². The molecule has 2 atom stereocenters. The van der Waals surface area contributed by atoms with E-state index in [1.807, 2.05) is 18.2 Å². The van der Waals surface area contributed by atoms with Crippen molar-refractivity contribution in [2.45, 2.75) is 43.8 Å². The van der Waals surface area contributed by atoms with Gasteiger partial charge in [-0.15, -0.1) is 0 Å². The summed E-state index contributed by atoms with van der Waals surface area (Å²) in [4.78, 5) is 17.0. The van der Waals surface area contributed by atoms with Crippen LogP contribution in [0.15, 0.2) is 35.1 Å². The van der Waals surface area contributed by atoms with Crippen LogP contribution in [-0.4, -0.2) is 45.0 Å². The molecule has 2 saturated heterocycles. The van der Waals surface area contributed by atoms with Crippen LogP contribution in [0.2, 0.25) is 0 Å². The summed E-state index contributed by atoms with van der Waals surface area (Å²) in [5, 5.41) is 8.56. The highest BCUT2D eigenvalue weighted by Crippen LogP contribution is 2.41. The summed E-state index contributed by atoms with van der Waals surface area (Å²) in [6, 6.07) is 6.33. The molecule has 126 valence electrons. The summed E-state index contributed by atoms with van der Waals surface area (Å²) in [5.74, 6) is 0.782. The third-order valence-electron chi connectivity index (χ3n) is 5.11. The molecule has 1 aromatic carbocycles. The predicted octanol–water partition coefficient (Wildman–Crippen LogP) is 3.06. The van der Waals surface area contributed by atoms with E-state index in [2.05, 4.69) is 31.0 Å². The van der Waals surface area contributed by atoms with Crippen LogP contribution in [0, 0.1) is 0 Å². The molecule has 7 heteroatoms. The summed E-state index contributed by atoms with van der Waals surface area (Å²) in [6.07, 6.45) is 7.36. The molecule has 24 heavy (non-hydrogen) atoms. The molecule has 0 saturated carbocycles. The number of ether oxygens (including phenoxy) is 1. The number of methoxy groups -OCH3 is 1. The van der Waals surface area contributed by atoms with Crippen LogP contribution in [-0.2, 0) is 0 Å². The molecule has 0 radical (unpaired) electrons. The lowest BCUT2D eigenvalue weighted by atomic mass is 9.96. The molecule has 0 N–H and O–H groups in total. The number of aromatic nitrogens is 3. The first-order valence-electron chi connectivity index (χ1n) is 8.19. The van der Waals surface area contributed by atoms with E-state index in [-0.39, 0.29) is 24.0 Å². The number of halogens is 1. The SMILES string of the molecule is COc1ccc(Br)c(C(=O)N2C3CCC2CC(n2nccn2)C3)c1. The van der Waals surface area contributed by atoms with Crippen molar-refractivity contribution in [2.24, 2.45) is 0 Å². The zero-order valence-electron chi connectivity index (χ0n) is 13.4. The van der Waals surface area contributed by atoms with Gasteiger partial charge in [-0.25, -0.2) is 0 Å². The Labute approximate surface area is 148 Å². The Morgan fingerprint density at radius 2 is 1.83 bits per heavy atom. The van der Waals surface area contributed by atoms with Gasteiger partial charge in [0.1, 0.15) is 5.75 Å². The fourth-order valence-electron chi connectivity index (χ4n) is 4.02. The molecule has 2 bridgehead atoms. The van der Waals surface area contributed by atoms with Gasteiger partial charge in [0.05, 0.1) is 31.1 Å². The average Bonchev–Trinajstić information content (AvgIpc) is 3.21. The fourth-order valence-corrected chi connectivity index (χ4v) is 4.43. The third-order valence-corrected chi connectivity index (χ3v) is 5.80. The maximum Gasteiger partial charge on any atom is 0.255 e. The van der Waals surface area contributed by atoms with Gasteiger partial charge >= 0.3 is 0 Å². The van der Waals surface area contributed by atoms with E-state index in [0.29, 0.717) is 11.3 Å². The first-order chi connectivity index (χ1) is 11.7. The molecule has 1 aromatic heterocycles. The smallest absolute Gasteiger partial charge is 0.255 e. The summed E-state index contributed by atoms with van der Waals surface area (Å²) in [6.45, 7) is 0. The summed E-state index contributed by atoms with van der Waals surface area (Å²) in [5.41, 5.74) is 0.668. The highest BCUT2D eigenvalue weighted by Gasteiger charge is 2.44. The second-order valence-corrected chi connectivity index (χ2v) is 7.27. The van der Waals surface area contributed by atoms with Crippen LogP contribution in [0.1, 0.15) is 42.1 Å². The van der Waals surface area contributed by atoms with Crippen molar-refractivity contribution in [3.8, 4) is 5.75 Å². The lowest BCUT2D eigenvalue weighted by Crippen LogP contribution is -2.47. The van der Waals surface area contributed by atoms with E-state index >= 15 is 0 Å². The minimum absolute atomic E-state index is 0.0835. The average molecular weight is 391 g/mol. The molecule has 2 aliphatic rings. The topological polar surface area (TPSA) is 60.2 Å². The van der Waals surface area contributed by atoms with Gasteiger partial charge in [0.25, 0.3) is 5.91 Å². The maximum absolute atomic E-state index is 13.1. The third kappa shape index (κ3) is 2.60. The number of hydrogen-bond acceptors (Lipinski definition) is 4. The highest BCUT2D eigenvalue weighted by molar-refractivity contribution is 9.10. The van der Waals surface area contributed by atoms with Gasteiger partial charge in [0.2, 0.25) is 0 Å². The predicted molar refractivity (Wildman–Crippen MR) is 92.0 cm³/mol. The summed E-state index contributed by atoms with van der Waals surface area (Å²) >= 11 is 3.50. The molecule has 1 amide bonds. The number of fused-ring (bicyclic) bond motifs is 2. The minimum Gasteiger partial charge on any atom is -0.497 e. The van der Waals surface area contributed by atoms with Crippen LogP contribution < -0.4 is 4.74 Å². The van der Waals surface area contributed by atoms with Gasteiger partial charge < -0.3 is 9.64 Å². The molecule has 4 rings (SSSR count). The van der Waals surface area contributed by atoms with E-state index in [0.717, 1.165) is 30.2 Å². The largest absolute Gasteiger partial charge is 0.497 e. The van der Waals surface area contributed by atoms with Gasteiger partial charge in [-0.1, -0.05) is 0 Å². The molecule has 2 unspecified atom stereocenters. The van der Waals surface area contributed by atoms with Crippen LogP contribution in [0.4, 0.5) is 0 Å². The van der Waals surface area contributed by atoms with Crippen LogP contribution >= 0.6 is 15.9 Å². The van der Waals surface area contributed by atoms with Gasteiger partial charge in [-0.05, 0) is 59.8 Å². The zero-order chi connectivity index (χ0) is 16.7. The monoisotopic (exact) mass is 390 g/mol. The second-order valence-electron chi connectivity index (χ2n) is 6.42. The van der Waals surface area contributed by atoms with Crippen molar-refractivity contribution >= 4 is 21.8 Å². The van der Waals surface area contributed by atoms with Gasteiger partial charge in [0, 0.05) is 16.6 Å². The second kappa shape index (κ2) is 6.20. The quantitative estimate of drug-likeness (QED) is 0.807. The Kier molecular flexibility index (Phi) is 4.04. The van der Waals surface area contributed by atoms with E-state index in [4.69, 9.17) is 4.74 Å². The first kappa shape index (κ1) is 15.6. The number of benzene rings is 1. The number of hydrogen-bond donors (Lipinski definition) is 0. The van der Waals surface area contributed by atoms with E-state index in [9.17, 15) is 4.79 Å². The number of carbonyl (C=O) groups is 1. The number of nitrogens with zero attached hydrogens (tertiary/aromatic N) is 4. The standard InChI is InChI=1S/C17H19BrN4O2/c1-24-14-4-5-16(18)15(10-14)17(23)21-11-2-3-12(21)9-13(8-11)22-19-6-7-20-22/h4-7,10-13H,2-3,8-9H2,1H3. The Morgan fingerprint density at radius 1 is 1.17 bits per heavy atom. The normalized spacial score (nSPS) is 25.8. The molecule has 0 aliphatic carbocycles. The number of rotatable bonds is 3. The summed E-state index contributed by atoms with van der Waals surface area (Å²) < 4.78 is 6.08. The maximum atomic E-state index is 13.1. The molecular weight excluding hydrogens is 372 g/mol. The molecule has 2 aliphatic heterocycles. The number of amides is 1. The number of piperidine rings is 1. The van der Waals surface area contributed by atoms with Crippen molar-refractivity contribution < 1.29 is 9.53 Å². The van der Waals surface area contributed by atoms with Crippen molar-refractivity contribution in [3.63, 3.8) is 0 Å². The fraction of sp³-hybridized carbons (Fsp3) is 0.471. The van der Waals surface area contributed by atoms with Crippen LogP contribution in [0.3, 0.4) is 0 Å². The molecule has 2 aromatic rings. The van der Waals surface area contributed by atoms with Gasteiger partial charge in [-0.2, -0.15) is 15.0 Å².